The minimum absolute atomic E-state index is 0.500. The molecule has 0 aliphatic carbocycles. The van der Waals surface area contributed by atoms with Gasteiger partial charge in [0.2, 0.25) is 0 Å². The second kappa shape index (κ2) is 6.58. The molecule has 1 aromatic carbocycles. The molecule has 2 rings (SSSR count). The van der Waals surface area contributed by atoms with Crippen LogP contribution in [0.4, 0.5) is 0 Å². The van der Waals surface area contributed by atoms with Crippen LogP contribution in [0.3, 0.4) is 0 Å². The Morgan fingerprint density at radius 3 is 3.00 bits per heavy atom. The van der Waals surface area contributed by atoms with Crippen LogP contribution in [0.5, 0.6) is 5.75 Å². The number of hydrogen-bond donors (Lipinski definition) is 1. The smallest absolute Gasteiger partial charge is 0.174 e. The zero-order valence-corrected chi connectivity index (χ0v) is 10.8. The minimum Gasteiger partial charge on any atom is -0.492 e. The average Bonchev–Trinajstić information content (AvgIpc) is 2.88. The third-order valence-corrected chi connectivity index (χ3v) is 3.92. The topological polar surface area (TPSA) is 61.0 Å². The Balaban J connectivity index is 1.78. The molecule has 0 unspecified atom stereocenters. The van der Waals surface area contributed by atoms with Crippen LogP contribution in [0.2, 0.25) is 0 Å². The number of para-hydroxylation sites is 1. The van der Waals surface area contributed by atoms with Crippen LogP contribution < -0.4 is 10.5 Å². The zero-order chi connectivity index (χ0) is 11.9. The summed E-state index contributed by atoms with van der Waals surface area (Å²) in [7, 11) is 0. The molecular weight excluding hydrogens is 254 g/mol. The van der Waals surface area contributed by atoms with Gasteiger partial charge in [-0.3, -0.25) is 0 Å². The Kier molecular flexibility index (Phi) is 4.78. The highest BCUT2D eigenvalue weighted by molar-refractivity contribution is 8.01. The van der Waals surface area contributed by atoms with E-state index in [0.717, 1.165) is 21.4 Å². The summed E-state index contributed by atoms with van der Waals surface area (Å²) in [4.78, 5) is 0. The number of rotatable bonds is 6. The molecule has 2 aromatic rings. The summed E-state index contributed by atoms with van der Waals surface area (Å²) in [5, 5.41) is 7.73. The number of benzene rings is 1. The van der Waals surface area contributed by atoms with E-state index in [0.29, 0.717) is 13.2 Å². The van der Waals surface area contributed by atoms with Crippen molar-refractivity contribution in [1.82, 2.24) is 10.2 Å². The minimum atomic E-state index is 0.500. The lowest BCUT2D eigenvalue weighted by molar-refractivity contribution is 0.340. The first-order chi connectivity index (χ1) is 8.40. The van der Waals surface area contributed by atoms with E-state index in [1.165, 1.54) is 0 Å². The second-order valence-electron chi connectivity index (χ2n) is 3.21. The van der Waals surface area contributed by atoms with Crippen molar-refractivity contribution < 1.29 is 4.74 Å². The first kappa shape index (κ1) is 12.3. The number of hydrogen-bond acceptors (Lipinski definition) is 6. The van der Waals surface area contributed by atoms with Gasteiger partial charge in [0.15, 0.2) is 4.34 Å². The third kappa shape index (κ3) is 3.69. The van der Waals surface area contributed by atoms with Crippen molar-refractivity contribution >= 4 is 23.1 Å². The summed E-state index contributed by atoms with van der Waals surface area (Å²) in [5.74, 6) is 1.72. The predicted molar refractivity (Wildman–Crippen MR) is 70.5 cm³/mol. The Labute approximate surface area is 108 Å². The highest BCUT2D eigenvalue weighted by Gasteiger charge is 2.01. The number of nitrogens with zero attached hydrogens (tertiary/aromatic N) is 2. The van der Waals surface area contributed by atoms with Crippen molar-refractivity contribution in [3.8, 4) is 5.75 Å². The van der Waals surface area contributed by atoms with Crippen molar-refractivity contribution in [2.45, 2.75) is 10.9 Å². The summed E-state index contributed by atoms with van der Waals surface area (Å²) >= 11 is 3.19. The average molecular weight is 267 g/mol. The maximum Gasteiger partial charge on any atom is 0.174 e. The molecule has 6 heteroatoms. The Bertz CT molecular complexity index is 448. The summed E-state index contributed by atoms with van der Waals surface area (Å²) in [5.41, 5.74) is 8.39. The van der Waals surface area contributed by atoms with Gasteiger partial charge >= 0.3 is 0 Å². The highest BCUT2D eigenvalue weighted by atomic mass is 32.2. The van der Waals surface area contributed by atoms with E-state index in [1.807, 2.05) is 24.3 Å². The van der Waals surface area contributed by atoms with E-state index in [9.17, 15) is 0 Å². The SMILES string of the molecule is NCc1ccccc1OCCSc1nncs1. The molecule has 0 fully saturated rings. The Morgan fingerprint density at radius 1 is 1.35 bits per heavy atom. The summed E-state index contributed by atoms with van der Waals surface area (Å²) in [6.45, 7) is 1.14. The van der Waals surface area contributed by atoms with Crippen LogP contribution >= 0.6 is 23.1 Å². The molecule has 0 aliphatic heterocycles. The second-order valence-corrected chi connectivity index (χ2v) is 5.39. The number of thioether (sulfide) groups is 1. The highest BCUT2D eigenvalue weighted by Crippen LogP contribution is 2.20. The van der Waals surface area contributed by atoms with Crippen molar-refractivity contribution in [2.75, 3.05) is 12.4 Å². The van der Waals surface area contributed by atoms with Crippen molar-refractivity contribution in [1.29, 1.82) is 0 Å². The van der Waals surface area contributed by atoms with Gasteiger partial charge < -0.3 is 10.5 Å². The van der Waals surface area contributed by atoms with E-state index in [4.69, 9.17) is 10.5 Å². The molecule has 90 valence electrons. The van der Waals surface area contributed by atoms with E-state index in [1.54, 1.807) is 28.6 Å². The van der Waals surface area contributed by atoms with Gasteiger partial charge in [0, 0.05) is 17.9 Å². The lowest BCUT2D eigenvalue weighted by Gasteiger charge is -2.09. The largest absolute Gasteiger partial charge is 0.492 e. The van der Waals surface area contributed by atoms with E-state index in [2.05, 4.69) is 10.2 Å². The first-order valence-corrected chi connectivity index (χ1v) is 7.06. The van der Waals surface area contributed by atoms with Gasteiger partial charge in [0.05, 0.1) is 6.61 Å². The van der Waals surface area contributed by atoms with Gasteiger partial charge in [0.25, 0.3) is 0 Å². The van der Waals surface area contributed by atoms with Gasteiger partial charge in [0.1, 0.15) is 11.3 Å². The van der Waals surface area contributed by atoms with Gasteiger partial charge in [-0.15, -0.1) is 10.2 Å². The lowest BCUT2D eigenvalue weighted by atomic mass is 10.2. The normalized spacial score (nSPS) is 10.4. The van der Waals surface area contributed by atoms with E-state index >= 15 is 0 Å². The van der Waals surface area contributed by atoms with E-state index < -0.39 is 0 Å². The van der Waals surface area contributed by atoms with E-state index in [-0.39, 0.29) is 0 Å². The molecule has 0 spiro atoms. The number of aromatic nitrogens is 2. The standard InChI is InChI=1S/C11H13N3OS2/c12-7-9-3-1-2-4-10(9)15-5-6-16-11-14-13-8-17-11/h1-4,8H,5-7,12H2. The van der Waals surface area contributed by atoms with Crippen LogP contribution in [-0.4, -0.2) is 22.6 Å². The van der Waals surface area contributed by atoms with Crippen molar-refractivity contribution in [2.24, 2.45) is 5.73 Å². The fraction of sp³-hybridized carbons (Fsp3) is 0.273. The maximum absolute atomic E-state index is 5.68. The molecule has 0 saturated carbocycles. The lowest BCUT2D eigenvalue weighted by Crippen LogP contribution is -2.05. The fourth-order valence-corrected chi connectivity index (χ4v) is 2.70. The predicted octanol–water partition coefficient (Wildman–Crippen LogP) is 2.17. The maximum atomic E-state index is 5.68. The molecule has 4 nitrogen and oxygen atoms in total. The summed E-state index contributed by atoms with van der Waals surface area (Å²) in [6, 6.07) is 7.84. The van der Waals surface area contributed by atoms with Gasteiger partial charge in [-0.05, 0) is 6.07 Å². The van der Waals surface area contributed by atoms with Crippen molar-refractivity contribution in [3.05, 3.63) is 35.3 Å². The van der Waals surface area contributed by atoms with Gasteiger partial charge in [-0.2, -0.15) is 0 Å². The van der Waals surface area contributed by atoms with Gasteiger partial charge in [-0.25, -0.2) is 0 Å². The molecule has 1 heterocycles. The van der Waals surface area contributed by atoms with Crippen LogP contribution in [-0.2, 0) is 6.54 Å². The number of ether oxygens (including phenoxy) is 1. The molecule has 0 bridgehead atoms. The van der Waals surface area contributed by atoms with Crippen LogP contribution in [0.25, 0.3) is 0 Å². The summed E-state index contributed by atoms with van der Waals surface area (Å²) in [6.07, 6.45) is 0. The molecule has 0 radical (unpaired) electrons. The Morgan fingerprint density at radius 2 is 2.24 bits per heavy atom. The van der Waals surface area contributed by atoms with Crippen LogP contribution in [0.1, 0.15) is 5.56 Å². The summed E-state index contributed by atoms with van der Waals surface area (Å²) < 4.78 is 6.65. The molecule has 0 saturated heterocycles. The van der Waals surface area contributed by atoms with Crippen LogP contribution in [0.15, 0.2) is 34.1 Å². The fourth-order valence-electron chi connectivity index (χ4n) is 1.32. The first-order valence-electron chi connectivity index (χ1n) is 5.20. The molecule has 0 aliphatic rings. The molecule has 0 atom stereocenters. The quantitative estimate of drug-likeness (QED) is 0.642. The number of nitrogens with two attached hydrogens (primary N) is 1. The monoisotopic (exact) mass is 267 g/mol. The Hall–Kier alpha value is -1.11. The molecule has 0 amide bonds. The molecule has 17 heavy (non-hydrogen) atoms. The molecule has 2 N–H and O–H groups in total. The molecular formula is C11H13N3OS2. The third-order valence-electron chi connectivity index (χ3n) is 2.10. The zero-order valence-electron chi connectivity index (χ0n) is 9.20. The molecule has 1 aromatic heterocycles. The van der Waals surface area contributed by atoms with Crippen molar-refractivity contribution in [3.63, 3.8) is 0 Å². The van der Waals surface area contributed by atoms with Gasteiger partial charge in [-0.1, -0.05) is 41.3 Å². The van der Waals surface area contributed by atoms with Crippen LogP contribution in [0, 0.1) is 0 Å².